The molecule has 4 nitrogen and oxygen atoms in total. The number of aryl methyl sites for hydroxylation is 1. The fourth-order valence-electron chi connectivity index (χ4n) is 1.19. The van der Waals surface area contributed by atoms with Crippen molar-refractivity contribution in [1.29, 1.82) is 0 Å². The molecule has 1 heterocycles. The zero-order valence-electron chi connectivity index (χ0n) is 9.84. The molecule has 7 heteroatoms. The first kappa shape index (κ1) is 14.0. The molecule has 0 aliphatic carbocycles. The molecule has 0 aliphatic rings. The van der Waals surface area contributed by atoms with Gasteiger partial charge in [-0.2, -0.15) is 18.2 Å². The molecule has 17 heavy (non-hydrogen) atoms. The SMILES string of the molecule is CC(C)CCc1noc(CNCC(F)(F)F)n1. The van der Waals surface area contributed by atoms with Gasteiger partial charge in [0.2, 0.25) is 5.89 Å². The van der Waals surface area contributed by atoms with Crippen LogP contribution < -0.4 is 5.32 Å². The fourth-order valence-corrected chi connectivity index (χ4v) is 1.19. The molecule has 0 aliphatic heterocycles. The van der Waals surface area contributed by atoms with Crippen LogP contribution in [-0.2, 0) is 13.0 Å². The van der Waals surface area contributed by atoms with Crippen molar-refractivity contribution >= 4 is 0 Å². The van der Waals surface area contributed by atoms with Crippen molar-refractivity contribution in [2.45, 2.75) is 39.4 Å². The van der Waals surface area contributed by atoms with E-state index in [9.17, 15) is 13.2 Å². The average Bonchev–Trinajstić information content (AvgIpc) is 2.61. The van der Waals surface area contributed by atoms with Crippen LogP contribution in [0.5, 0.6) is 0 Å². The topological polar surface area (TPSA) is 51.0 Å². The van der Waals surface area contributed by atoms with Crippen LogP contribution in [0.4, 0.5) is 13.2 Å². The Morgan fingerprint density at radius 1 is 1.35 bits per heavy atom. The Morgan fingerprint density at radius 3 is 2.65 bits per heavy atom. The lowest BCUT2D eigenvalue weighted by atomic mass is 10.1. The number of nitrogens with zero attached hydrogens (tertiary/aromatic N) is 2. The lowest BCUT2D eigenvalue weighted by Gasteiger charge is -2.05. The third-order valence-corrected chi connectivity index (χ3v) is 2.06. The molecule has 1 N–H and O–H groups in total. The number of hydrogen-bond donors (Lipinski definition) is 1. The smallest absolute Gasteiger partial charge is 0.338 e. The lowest BCUT2D eigenvalue weighted by molar-refractivity contribution is -0.125. The van der Waals surface area contributed by atoms with E-state index in [2.05, 4.69) is 29.3 Å². The molecule has 0 saturated heterocycles. The minimum atomic E-state index is -4.22. The molecular weight excluding hydrogens is 235 g/mol. The Kier molecular flexibility index (Phi) is 4.92. The number of alkyl halides is 3. The molecule has 1 aromatic rings. The summed E-state index contributed by atoms with van der Waals surface area (Å²) in [4.78, 5) is 3.99. The van der Waals surface area contributed by atoms with Crippen molar-refractivity contribution in [3.05, 3.63) is 11.7 Å². The quantitative estimate of drug-likeness (QED) is 0.843. The number of aromatic nitrogens is 2. The Morgan fingerprint density at radius 2 is 2.06 bits per heavy atom. The van der Waals surface area contributed by atoms with E-state index in [4.69, 9.17) is 4.52 Å². The second-order valence-electron chi connectivity index (χ2n) is 4.26. The maximum Gasteiger partial charge on any atom is 0.401 e. The van der Waals surface area contributed by atoms with Crippen LogP contribution in [0.25, 0.3) is 0 Å². The highest BCUT2D eigenvalue weighted by Gasteiger charge is 2.26. The van der Waals surface area contributed by atoms with Gasteiger partial charge in [-0.15, -0.1) is 0 Å². The highest BCUT2D eigenvalue weighted by atomic mass is 19.4. The van der Waals surface area contributed by atoms with E-state index >= 15 is 0 Å². The number of hydrogen-bond acceptors (Lipinski definition) is 4. The van der Waals surface area contributed by atoms with Gasteiger partial charge in [0, 0.05) is 6.42 Å². The van der Waals surface area contributed by atoms with Gasteiger partial charge in [0.05, 0.1) is 13.1 Å². The minimum Gasteiger partial charge on any atom is -0.338 e. The molecule has 98 valence electrons. The van der Waals surface area contributed by atoms with E-state index in [0.717, 1.165) is 6.42 Å². The van der Waals surface area contributed by atoms with Crippen LogP contribution in [0, 0.1) is 5.92 Å². The van der Waals surface area contributed by atoms with Gasteiger partial charge in [-0.3, -0.25) is 0 Å². The molecule has 0 unspecified atom stereocenters. The van der Waals surface area contributed by atoms with Gasteiger partial charge in [-0.1, -0.05) is 19.0 Å². The molecule has 1 aromatic heterocycles. The van der Waals surface area contributed by atoms with Gasteiger partial charge in [0.25, 0.3) is 0 Å². The molecule has 0 atom stereocenters. The molecule has 0 aromatic carbocycles. The zero-order valence-corrected chi connectivity index (χ0v) is 9.84. The van der Waals surface area contributed by atoms with Crippen molar-refractivity contribution < 1.29 is 17.7 Å². The molecule has 0 amide bonds. The summed E-state index contributed by atoms with van der Waals surface area (Å²) < 4.78 is 40.4. The van der Waals surface area contributed by atoms with E-state index < -0.39 is 12.7 Å². The normalized spacial score (nSPS) is 12.4. The molecular formula is C10H16F3N3O. The molecule has 0 fully saturated rings. The van der Waals surface area contributed by atoms with Crippen LogP contribution in [0.3, 0.4) is 0 Å². The Labute approximate surface area is 97.6 Å². The third-order valence-electron chi connectivity index (χ3n) is 2.06. The average molecular weight is 251 g/mol. The lowest BCUT2D eigenvalue weighted by Crippen LogP contribution is -2.28. The van der Waals surface area contributed by atoms with Crippen molar-refractivity contribution in [3.8, 4) is 0 Å². The predicted molar refractivity (Wildman–Crippen MR) is 55.2 cm³/mol. The van der Waals surface area contributed by atoms with Gasteiger partial charge in [0.1, 0.15) is 0 Å². The highest BCUT2D eigenvalue weighted by molar-refractivity contribution is 4.86. The van der Waals surface area contributed by atoms with E-state index in [1.807, 2.05) is 0 Å². The van der Waals surface area contributed by atoms with E-state index in [-0.39, 0.29) is 12.4 Å². The van der Waals surface area contributed by atoms with Gasteiger partial charge in [0.15, 0.2) is 5.82 Å². The Hall–Kier alpha value is -1.11. The maximum atomic E-state index is 11.8. The van der Waals surface area contributed by atoms with Gasteiger partial charge >= 0.3 is 6.18 Å². The number of rotatable bonds is 6. The van der Waals surface area contributed by atoms with Gasteiger partial charge < -0.3 is 9.84 Å². The monoisotopic (exact) mass is 251 g/mol. The summed E-state index contributed by atoms with van der Waals surface area (Å²) in [6, 6.07) is 0. The van der Waals surface area contributed by atoms with Crippen molar-refractivity contribution in [3.63, 3.8) is 0 Å². The first-order valence-corrected chi connectivity index (χ1v) is 5.46. The van der Waals surface area contributed by atoms with E-state index in [1.54, 1.807) is 0 Å². The minimum absolute atomic E-state index is 0.0613. The molecule has 0 spiro atoms. The molecule has 0 bridgehead atoms. The fraction of sp³-hybridized carbons (Fsp3) is 0.800. The van der Waals surface area contributed by atoms with E-state index in [1.165, 1.54) is 0 Å². The van der Waals surface area contributed by atoms with Crippen LogP contribution in [0.1, 0.15) is 32.0 Å². The van der Waals surface area contributed by atoms with Crippen LogP contribution in [0.15, 0.2) is 4.52 Å². The largest absolute Gasteiger partial charge is 0.401 e. The summed E-state index contributed by atoms with van der Waals surface area (Å²) in [6.45, 7) is 3.03. The number of nitrogens with one attached hydrogen (secondary N) is 1. The molecule has 0 radical (unpaired) electrons. The zero-order chi connectivity index (χ0) is 12.9. The second kappa shape index (κ2) is 6.00. The first-order chi connectivity index (χ1) is 7.87. The summed E-state index contributed by atoms with van der Waals surface area (Å²) in [5.74, 6) is 1.26. The highest BCUT2D eigenvalue weighted by Crippen LogP contribution is 2.12. The number of halogens is 3. The first-order valence-electron chi connectivity index (χ1n) is 5.46. The van der Waals surface area contributed by atoms with Crippen molar-refractivity contribution in [2.75, 3.05) is 6.54 Å². The Balaban J connectivity index is 2.31. The third kappa shape index (κ3) is 6.25. The molecule has 1 rings (SSSR count). The van der Waals surface area contributed by atoms with Crippen LogP contribution in [0.2, 0.25) is 0 Å². The van der Waals surface area contributed by atoms with Gasteiger partial charge in [-0.25, -0.2) is 0 Å². The maximum absolute atomic E-state index is 11.8. The second-order valence-corrected chi connectivity index (χ2v) is 4.26. The van der Waals surface area contributed by atoms with Gasteiger partial charge in [-0.05, 0) is 12.3 Å². The summed E-state index contributed by atoms with van der Waals surface area (Å²) >= 11 is 0. The standard InChI is InChI=1S/C10H16F3N3O/c1-7(2)3-4-8-15-9(17-16-8)5-14-6-10(11,12)13/h7,14H,3-6H2,1-2H3. The van der Waals surface area contributed by atoms with Crippen molar-refractivity contribution in [1.82, 2.24) is 15.5 Å². The summed E-state index contributed by atoms with van der Waals surface area (Å²) in [5.41, 5.74) is 0. The molecule has 0 saturated carbocycles. The Bertz CT molecular complexity index is 336. The summed E-state index contributed by atoms with van der Waals surface area (Å²) in [7, 11) is 0. The van der Waals surface area contributed by atoms with Crippen molar-refractivity contribution in [2.24, 2.45) is 5.92 Å². The predicted octanol–water partition coefficient (Wildman–Crippen LogP) is 2.31. The summed E-state index contributed by atoms with van der Waals surface area (Å²) in [6.07, 6.45) is -2.62. The van der Waals surface area contributed by atoms with Crippen LogP contribution >= 0.6 is 0 Å². The van der Waals surface area contributed by atoms with E-state index in [0.29, 0.717) is 18.2 Å². The summed E-state index contributed by atoms with van der Waals surface area (Å²) in [5, 5.41) is 5.89. The van der Waals surface area contributed by atoms with Crippen LogP contribution in [-0.4, -0.2) is 22.9 Å².